The van der Waals surface area contributed by atoms with Crippen LogP contribution < -0.4 is 14.8 Å². The molecule has 0 radical (unpaired) electrons. The van der Waals surface area contributed by atoms with Crippen LogP contribution in [0.15, 0.2) is 61.1 Å². The summed E-state index contributed by atoms with van der Waals surface area (Å²) < 4.78 is 12.6. The lowest BCUT2D eigenvalue weighted by atomic mass is 10.0. The molecule has 2 aromatic heterocycles. The molecule has 2 aromatic carbocycles. The van der Waals surface area contributed by atoms with Crippen LogP contribution >= 0.6 is 0 Å². The van der Waals surface area contributed by atoms with E-state index >= 15 is 0 Å². The van der Waals surface area contributed by atoms with Crippen LogP contribution in [-0.2, 0) is 0 Å². The fourth-order valence-corrected chi connectivity index (χ4v) is 4.27. The lowest BCUT2D eigenvalue weighted by molar-refractivity contribution is 0.0546. The predicted octanol–water partition coefficient (Wildman–Crippen LogP) is 3.75. The number of likely N-dealkylation sites (tertiary alicyclic amines) is 1. The van der Waals surface area contributed by atoms with E-state index < -0.39 is 0 Å². The Kier molecular flexibility index (Phi) is 6.24. The number of aliphatic hydroxyl groups excluding tert-OH is 1. The topological polar surface area (TPSA) is 101 Å². The van der Waals surface area contributed by atoms with Gasteiger partial charge in [0.15, 0.2) is 23.0 Å². The van der Waals surface area contributed by atoms with Crippen LogP contribution in [0.1, 0.15) is 23.2 Å². The van der Waals surface area contributed by atoms with Crippen LogP contribution in [0.2, 0.25) is 0 Å². The minimum atomic E-state index is -0.326. The number of nitrogens with one attached hydrogen (secondary N) is 1. The number of nitrogens with zero attached hydrogens (tertiary/aromatic N) is 4. The number of carbonyl (C=O) groups excluding carboxylic acids is 1. The fourth-order valence-electron chi connectivity index (χ4n) is 4.27. The Balaban J connectivity index is 1.47. The Morgan fingerprint density at radius 3 is 2.66 bits per heavy atom. The molecular formula is C26H27N5O4. The monoisotopic (exact) mass is 473 g/mol. The molecule has 1 aliphatic heterocycles. The molecule has 1 amide bonds. The van der Waals surface area contributed by atoms with Gasteiger partial charge in [0.1, 0.15) is 0 Å². The highest BCUT2D eigenvalue weighted by Crippen LogP contribution is 2.32. The van der Waals surface area contributed by atoms with Gasteiger partial charge in [-0.25, -0.2) is 9.97 Å². The number of hydrogen-bond acceptors (Lipinski definition) is 7. The van der Waals surface area contributed by atoms with E-state index in [4.69, 9.17) is 14.5 Å². The number of benzene rings is 2. The van der Waals surface area contributed by atoms with E-state index in [0.717, 1.165) is 11.3 Å². The number of amides is 1. The Morgan fingerprint density at radius 1 is 1.09 bits per heavy atom. The molecule has 3 heterocycles. The van der Waals surface area contributed by atoms with E-state index in [1.807, 2.05) is 59.3 Å². The lowest BCUT2D eigenvalue weighted by Gasteiger charge is -2.29. The summed E-state index contributed by atoms with van der Waals surface area (Å²) >= 11 is 0. The van der Waals surface area contributed by atoms with Gasteiger partial charge >= 0.3 is 0 Å². The summed E-state index contributed by atoms with van der Waals surface area (Å²) in [4.78, 5) is 24.1. The first-order valence-electron chi connectivity index (χ1n) is 11.5. The zero-order valence-electron chi connectivity index (χ0n) is 19.6. The number of carbonyl (C=O) groups is 1. The van der Waals surface area contributed by atoms with Gasteiger partial charge in [-0.05, 0) is 37.1 Å². The molecule has 0 bridgehead atoms. The van der Waals surface area contributed by atoms with Crippen LogP contribution in [0.4, 0.5) is 11.5 Å². The van der Waals surface area contributed by atoms with E-state index in [2.05, 4.69) is 10.3 Å². The minimum Gasteiger partial charge on any atom is -0.493 e. The molecule has 1 aliphatic rings. The first-order valence-corrected chi connectivity index (χ1v) is 11.5. The lowest BCUT2D eigenvalue weighted by Crippen LogP contribution is -2.40. The molecule has 0 aliphatic carbocycles. The first kappa shape index (κ1) is 22.7. The molecule has 2 N–H and O–H groups in total. The quantitative estimate of drug-likeness (QED) is 0.440. The van der Waals surface area contributed by atoms with Crippen molar-refractivity contribution < 1.29 is 19.4 Å². The fraction of sp³-hybridized carbons (Fsp3) is 0.269. The van der Waals surface area contributed by atoms with Crippen molar-refractivity contribution in [3.63, 3.8) is 0 Å². The summed E-state index contributed by atoms with van der Waals surface area (Å²) in [7, 11) is 3.19. The molecule has 0 atom stereocenters. The zero-order chi connectivity index (χ0) is 24.4. The third kappa shape index (κ3) is 4.63. The van der Waals surface area contributed by atoms with Crippen LogP contribution in [0, 0.1) is 0 Å². The Bertz CT molecular complexity index is 1360. The highest BCUT2D eigenvalue weighted by atomic mass is 16.5. The molecule has 0 spiro atoms. The van der Waals surface area contributed by atoms with Crippen molar-refractivity contribution in [1.82, 2.24) is 19.3 Å². The van der Waals surface area contributed by atoms with Gasteiger partial charge in [-0.2, -0.15) is 0 Å². The maximum atomic E-state index is 13.1. The average Bonchev–Trinajstić information content (AvgIpc) is 3.38. The highest BCUT2D eigenvalue weighted by Gasteiger charge is 2.22. The summed E-state index contributed by atoms with van der Waals surface area (Å²) in [5.41, 5.74) is 3.55. The maximum absolute atomic E-state index is 13.1. The molecule has 0 unspecified atom stereocenters. The van der Waals surface area contributed by atoms with Gasteiger partial charge in [0.05, 0.1) is 26.0 Å². The third-order valence-electron chi connectivity index (χ3n) is 6.18. The van der Waals surface area contributed by atoms with E-state index in [0.29, 0.717) is 60.2 Å². The molecule has 9 nitrogen and oxygen atoms in total. The minimum absolute atomic E-state index is 0.0360. The zero-order valence-corrected chi connectivity index (χ0v) is 19.6. The van der Waals surface area contributed by atoms with Gasteiger partial charge in [0.25, 0.3) is 5.91 Å². The molecule has 9 heteroatoms. The van der Waals surface area contributed by atoms with Crippen LogP contribution in [-0.4, -0.2) is 63.7 Å². The largest absolute Gasteiger partial charge is 0.493 e. The molecule has 1 saturated heterocycles. The number of rotatable bonds is 6. The summed E-state index contributed by atoms with van der Waals surface area (Å²) in [6, 6.07) is 13.0. The first-order chi connectivity index (χ1) is 17.1. The third-order valence-corrected chi connectivity index (χ3v) is 6.18. The van der Waals surface area contributed by atoms with Crippen molar-refractivity contribution in [3.8, 4) is 22.8 Å². The number of aliphatic hydroxyl groups is 1. The molecule has 1 fully saturated rings. The van der Waals surface area contributed by atoms with Crippen molar-refractivity contribution >= 4 is 23.1 Å². The molecule has 180 valence electrons. The van der Waals surface area contributed by atoms with Crippen LogP contribution in [0.25, 0.3) is 16.9 Å². The Labute approximate surface area is 203 Å². The summed E-state index contributed by atoms with van der Waals surface area (Å²) in [5, 5.41) is 13.1. The van der Waals surface area contributed by atoms with Crippen molar-refractivity contribution in [1.29, 1.82) is 0 Å². The second-order valence-corrected chi connectivity index (χ2v) is 8.43. The smallest absolute Gasteiger partial charge is 0.253 e. The highest BCUT2D eigenvalue weighted by molar-refractivity contribution is 5.95. The SMILES string of the molecule is COc1ccc(Nc2nc(-c3cccc(C(=O)N4CCC(O)CC4)c3)cn3ccnc23)cc1OC. The summed E-state index contributed by atoms with van der Waals surface area (Å²) in [6.45, 7) is 1.12. The Hall–Kier alpha value is -4.11. The van der Waals surface area contributed by atoms with E-state index in [1.165, 1.54) is 0 Å². The van der Waals surface area contributed by atoms with Gasteiger partial charge in [0, 0.05) is 54.6 Å². The van der Waals surface area contributed by atoms with Crippen LogP contribution in [0.5, 0.6) is 11.5 Å². The second kappa shape index (κ2) is 9.63. The summed E-state index contributed by atoms with van der Waals surface area (Å²) in [5.74, 6) is 1.77. The molecule has 0 saturated carbocycles. The van der Waals surface area contributed by atoms with E-state index in [-0.39, 0.29) is 12.0 Å². The van der Waals surface area contributed by atoms with Crippen LogP contribution in [0.3, 0.4) is 0 Å². The van der Waals surface area contributed by atoms with Gasteiger partial charge in [-0.15, -0.1) is 0 Å². The number of aromatic nitrogens is 3. The van der Waals surface area contributed by atoms with Gasteiger partial charge in [-0.1, -0.05) is 12.1 Å². The number of hydrogen-bond donors (Lipinski definition) is 2. The average molecular weight is 474 g/mol. The number of methoxy groups -OCH3 is 2. The number of imidazole rings is 1. The van der Waals surface area contributed by atoms with Crippen molar-refractivity contribution in [2.24, 2.45) is 0 Å². The number of anilines is 2. The molecule has 4 aromatic rings. The molecule has 35 heavy (non-hydrogen) atoms. The number of piperidine rings is 1. The molecular weight excluding hydrogens is 446 g/mol. The predicted molar refractivity (Wildman–Crippen MR) is 132 cm³/mol. The second-order valence-electron chi connectivity index (χ2n) is 8.43. The van der Waals surface area contributed by atoms with Gasteiger partial charge < -0.3 is 29.2 Å². The van der Waals surface area contributed by atoms with Crippen molar-refractivity contribution in [2.45, 2.75) is 18.9 Å². The number of fused-ring (bicyclic) bond motifs is 1. The normalized spacial score (nSPS) is 14.2. The van der Waals surface area contributed by atoms with Gasteiger partial charge in [0.2, 0.25) is 0 Å². The molecule has 5 rings (SSSR count). The van der Waals surface area contributed by atoms with E-state index in [9.17, 15) is 9.90 Å². The van der Waals surface area contributed by atoms with Gasteiger partial charge in [-0.3, -0.25) is 4.79 Å². The van der Waals surface area contributed by atoms with Crippen molar-refractivity contribution in [3.05, 3.63) is 66.6 Å². The van der Waals surface area contributed by atoms with Crippen molar-refractivity contribution in [2.75, 3.05) is 32.6 Å². The Morgan fingerprint density at radius 2 is 1.89 bits per heavy atom. The standard InChI is InChI=1S/C26H27N5O4/c1-34-22-7-6-19(15-23(22)35-2)28-24-25-27-10-13-31(25)16-21(29-24)17-4-3-5-18(14-17)26(33)30-11-8-20(32)9-12-30/h3-7,10,13-16,20,32H,8-9,11-12H2,1-2H3,(H,28,29). The maximum Gasteiger partial charge on any atom is 0.253 e. The number of ether oxygens (including phenoxy) is 2. The van der Waals surface area contributed by atoms with E-state index in [1.54, 1.807) is 25.3 Å². The summed E-state index contributed by atoms with van der Waals surface area (Å²) in [6.07, 6.45) is 6.35.